The summed E-state index contributed by atoms with van der Waals surface area (Å²) < 4.78 is 5.36. The van der Waals surface area contributed by atoms with Crippen molar-refractivity contribution in [1.82, 2.24) is 0 Å². The van der Waals surface area contributed by atoms with Gasteiger partial charge in [-0.2, -0.15) is 0 Å². The van der Waals surface area contributed by atoms with Crippen LogP contribution in [0.2, 0.25) is 0 Å². The van der Waals surface area contributed by atoms with Crippen LogP contribution in [0.1, 0.15) is 25.2 Å². The molecule has 0 aromatic heterocycles. The maximum Gasteiger partial charge on any atom is 0.217 e. The Hall–Kier alpha value is -1.16. The van der Waals surface area contributed by atoms with Gasteiger partial charge in [-0.1, -0.05) is 35.9 Å². The van der Waals surface area contributed by atoms with E-state index in [0.29, 0.717) is 6.61 Å². The zero-order valence-corrected chi connectivity index (χ0v) is 8.85. The van der Waals surface area contributed by atoms with Crippen LogP contribution in [-0.4, -0.2) is 11.9 Å². The molecular formula is C12H16O3. The van der Waals surface area contributed by atoms with Gasteiger partial charge in [-0.3, -0.25) is 0 Å². The fourth-order valence-electron chi connectivity index (χ4n) is 1.14. The number of hydrogen-bond acceptors (Lipinski definition) is 3. The van der Waals surface area contributed by atoms with Crippen molar-refractivity contribution >= 4 is 0 Å². The molecule has 0 bridgehead atoms. The summed E-state index contributed by atoms with van der Waals surface area (Å²) in [5.41, 5.74) is 1.83. The lowest BCUT2D eigenvalue weighted by molar-refractivity contribution is -0.351. The molecule has 0 radical (unpaired) electrons. The summed E-state index contributed by atoms with van der Waals surface area (Å²) in [5.74, 6) is 0. The molecule has 1 unspecified atom stereocenters. The van der Waals surface area contributed by atoms with E-state index >= 15 is 0 Å². The normalized spacial score (nSPS) is 12.4. The topological polar surface area (TPSA) is 38.7 Å². The molecule has 0 fully saturated rings. The summed E-state index contributed by atoms with van der Waals surface area (Å²) in [5, 5.41) is 8.70. The van der Waals surface area contributed by atoms with E-state index in [1.807, 2.05) is 37.3 Å². The first-order valence-electron chi connectivity index (χ1n) is 4.85. The average Bonchev–Trinajstić information content (AvgIpc) is 2.25. The van der Waals surface area contributed by atoms with E-state index in [9.17, 15) is 0 Å². The Morgan fingerprint density at radius 1 is 1.40 bits per heavy atom. The molecule has 3 nitrogen and oxygen atoms in total. The van der Waals surface area contributed by atoms with Crippen molar-refractivity contribution in [2.24, 2.45) is 0 Å². The van der Waals surface area contributed by atoms with Crippen molar-refractivity contribution in [1.29, 1.82) is 0 Å². The molecule has 1 rings (SSSR count). The van der Waals surface area contributed by atoms with Crippen LogP contribution in [0.4, 0.5) is 0 Å². The van der Waals surface area contributed by atoms with Crippen LogP contribution in [0.5, 0.6) is 0 Å². The van der Waals surface area contributed by atoms with Gasteiger partial charge in [-0.05, 0) is 13.3 Å². The van der Waals surface area contributed by atoms with Gasteiger partial charge in [0.15, 0.2) is 0 Å². The summed E-state index contributed by atoms with van der Waals surface area (Å²) in [6.45, 7) is 6.18. The van der Waals surface area contributed by atoms with E-state index in [1.165, 1.54) is 0 Å². The zero-order chi connectivity index (χ0) is 11.1. The van der Waals surface area contributed by atoms with Gasteiger partial charge < -0.3 is 4.74 Å². The van der Waals surface area contributed by atoms with Gasteiger partial charge >= 0.3 is 0 Å². The van der Waals surface area contributed by atoms with Gasteiger partial charge in [-0.25, -0.2) is 10.1 Å². The van der Waals surface area contributed by atoms with E-state index < -0.39 is 6.29 Å². The van der Waals surface area contributed by atoms with Crippen LogP contribution in [-0.2, 0) is 9.62 Å². The summed E-state index contributed by atoms with van der Waals surface area (Å²) in [6, 6.07) is 9.29. The molecule has 0 saturated carbocycles. The zero-order valence-electron chi connectivity index (χ0n) is 8.85. The third-order valence-electron chi connectivity index (χ3n) is 1.97. The van der Waals surface area contributed by atoms with E-state index in [4.69, 9.17) is 9.99 Å². The Morgan fingerprint density at radius 3 is 2.60 bits per heavy atom. The van der Waals surface area contributed by atoms with Gasteiger partial charge in [0.05, 0.1) is 6.61 Å². The molecule has 0 heterocycles. The molecule has 1 aromatic rings. The van der Waals surface area contributed by atoms with Gasteiger partial charge in [-0.15, -0.1) is 6.58 Å². The highest BCUT2D eigenvalue weighted by Gasteiger charge is 2.11. The number of rotatable bonds is 6. The first-order chi connectivity index (χ1) is 7.24. The van der Waals surface area contributed by atoms with Crippen molar-refractivity contribution in [2.45, 2.75) is 19.6 Å². The van der Waals surface area contributed by atoms with Crippen LogP contribution in [0, 0.1) is 0 Å². The smallest absolute Gasteiger partial charge is 0.217 e. The van der Waals surface area contributed by atoms with E-state index in [1.54, 1.807) is 0 Å². The summed E-state index contributed by atoms with van der Waals surface area (Å²) in [4.78, 5) is 4.27. The fraction of sp³-hybridized carbons (Fsp3) is 0.333. The molecule has 15 heavy (non-hydrogen) atoms. The lowest BCUT2D eigenvalue weighted by Gasteiger charge is -2.14. The highest BCUT2D eigenvalue weighted by molar-refractivity contribution is 5.15. The first kappa shape index (κ1) is 11.9. The van der Waals surface area contributed by atoms with E-state index in [0.717, 1.165) is 17.6 Å². The van der Waals surface area contributed by atoms with Crippen molar-refractivity contribution in [3.8, 4) is 0 Å². The van der Waals surface area contributed by atoms with Gasteiger partial charge in [0.25, 0.3) is 0 Å². The maximum absolute atomic E-state index is 8.70. The monoisotopic (exact) mass is 208 g/mol. The molecular weight excluding hydrogens is 192 g/mol. The number of ether oxygens (including phenoxy) is 1. The Morgan fingerprint density at radius 2 is 2.07 bits per heavy atom. The minimum Gasteiger partial charge on any atom is -0.346 e. The average molecular weight is 208 g/mol. The van der Waals surface area contributed by atoms with E-state index in [-0.39, 0.29) is 0 Å². The summed E-state index contributed by atoms with van der Waals surface area (Å²) in [6.07, 6.45) is 0.0396. The highest BCUT2D eigenvalue weighted by Crippen LogP contribution is 2.17. The van der Waals surface area contributed by atoms with Crippen LogP contribution in [0.3, 0.4) is 0 Å². The molecule has 82 valence electrons. The molecule has 1 aromatic carbocycles. The Labute approximate surface area is 89.9 Å². The molecule has 0 spiro atoms. The Kier molecular flexibility index (Phi) is 5.04. The molecule has 0 aliphatic carbocycles. The van der Waals surface area contributed by atoms with Gasteiger partial charge in [0, 0.05) is 5.56 Å². The second-order valence-electron chi connectivity index (χ2n) is 3.43. The number of hydrogen-bond donors (Lipinski definition) is 1. The maximum atomic E-state index is 8.70. The number of benzene rings is 1. The van der Waals surface area contributed by atoms with Crippen LogP contribution in [0.15, 0.2) is 42.5 Å². The van der Waals surface area contributed by atoms with Crippen molar-refractivity contribution in [3.63, 3.8) is 0 Å². The first-order valence-corrected chi connectivity index (χ1v) is 4.85. The summed E-state index contributed by atoms with van der Waals surface area (Å²) in [7, 11) is 0. The second kappa shape index (κ2) is 6.35. The molecule has 0 amide bonds. The van der Waals surface area contributed by atoms with Gasteiger partial charge in [0.1, 0.15) is 0 Å². The largest absolute Gasteiger partial charge is 0.346 e. The lowest BCUT2D eigenvalue weighted by Crippen LogP contribution is -2.08. The fourth-order valence-corrected chi connectivity index (χ4v) is 1.14. The van der Waals surface area contributed by atoms with Crippen LogP contribution >= 0.6 is 0 Å². The lowest BCUT2D eigenvalue weighted by atomic mass is 10.2. The predicted molar refractivity (Wildman–Crippen MR) is 58.3 cm³/mol. The molecule has 1 N–H and O–H groups in total. The summed E-state index contributed by atoms with van der Waals surface area (Å²) >= 11 is 0. The standard InChI is InChI=1S/C12H16O3/c1-10(2)8-9-14-12(15-13)11-6-4-3-5-7-11/h3-7,12-13H,1,8-9H2,2H3. The Balaban J connectivity index is 2.46. The molecule has 3 heteroatoms. The van der Waals surface area contributed by atoms with Crippen molar-refractivity contribution in [2.75, 3.05) is 6.61 Å². The highest BCUT2D eigenvalue weighted by atomic mass is 17.1. The van der Waals surface area contributed by atoms with Crippen LogP contribution < -0.4 is 0 Å². The molecule has 0 aliphatic heterocycles. The molecule has 0 saturated heterocycles. The second-order valence-corrected chi connectivity index (χ2v) is 3.43. The molecule has 0 aliphatic rings. The van der Waals surface area contributed by atoms with Crippen molar-refractivity contribution < 1.29 is 14.9 Å². The van der Waals surface area contributed by atoms with Crippen LogP contribution in [0.25, 0.3) is 0 Å². The predicted octanol–water partition coefficient (Wildman–Crippen LogP) is 3.16. The third-order valence-corrected chi connectivity index (χ3v) is 1.97. The van der Waals surface area contributed by atoms with Crippen molar-refractivity contribution in [3.05, 3.63) is 48.0 Å². The Bertz CT molecular complexity index is 295. The quantitative estimate of drug-likeness (QED) is 0.338. The van der Waals surface area contributed by atoms with E-state index in [2.05, 4.69) is 11.5 Å². The minimum absolute atomic E-state index is 0.482. The SMILES string of the molecule is C=C(C)CCOC(OO)c1ccccc1. The van der Waals surface area contributed by atoms with Gasteiger partial charge in [0.2, 0.25) is 6.29 Å². The minimum atomic E-state index is -0.717. The third kappa shape index (κ3) is 4.25. The molecule has 1 atom stereocenters.